The Kier molecular flexibility index (Phi) is 7.04. The minimum Gasteiger partial charge on any atom is -0.493 e. The Bertz CT molecular complexity index is 1000. The Morgan fingerprint density at radius 1 is 1.06 bits per heavy atom. The Hall–Kier alpha value is -3.43. The van der Waals surface area contributed by atoms with Crippen LogP contribution < -0.4 is 15.5 Å². The monoisotopic (exact) mass is 455 g/mol. The summed E-state index contributed by atoms with van der Waals surface area (Å²) < 4.78 is 11.1. The molecule has 0 spiro atoms. The second-order valence-electron chi connectivity index (χ2n) is 8.65. The molecule has 1 atom stereocenters. The lowest BCUT2D eigenvalue weighted by molar-refractivity contribution is -0.148. The van der Waals surface area contributed by atoms with E-state index in [4.69, 9.17) is 14.7 Å². The average molecular weight is 456 g/mol. The molecule has 9 nitrogen and oxygen atoms in total. The summed E-state index contributed by atoms with van der Waals surface area (Å²) in [7, 11) is 2.67. The number of hydroxylamine groups is 1. The van der Waals surface area contributed by atoms with Crippen LogP contribution in [0.1, 0.15) is 24.2 Å². The van der Waals surface area contributed by atoms with E-state index in [0.717, 1.165) is 21.8 Å². The van der Waals surface area contributed by atoms with Gasteiger partial charge in [-0.2, -0.15) is 0 Å². The van der Waals surface area contributed by atoms with Gasteiger partial charge in [-0.15, -0.1) is 0 Å². The highest BCUT2D eigenvalue weighted by Crippen LogP contribution is 2.29. The first-order chi connectivity index (χ1) is 15.6. The predicted molar refractivity (Wildman–Crippen MR) is 121 cm³/mol. The Labute approximate surface area is 192 Å². The molecule has 0 radical (unpaired) electrons. The normalized spacial score (nSPS) is 16.0. The van der Waals surface area contributed by atoms with Crippen molar-refractivity contribution in [2.24, 2.45) is 5.41 Å². The Balaban J connectivity index is 1.71. The molecule has 0 saturated carbocycles. The highest BCUT2D eigenvalue weighted by Gasteiger charge is 2.47. The molecule has 0 aromatic heterocycles. The molecule has 3 rings (SSSR count). The molecule has 33 heavy (non-hydrogen) atoms. The van der Waals surface area contributed by atoms with E-state index >= 15 is 0 Å². The van der Waals surface area contributed by atoms with Crippen molar-refractivity contribution in [3.05, 3.63) is 54.1 Å². The second-order valence-corrected chi connectivity index (χ2v) is 8.65. The van der Waals surface area contributed by atoms with Gasteiger partial charge < -0.3 is 19.7 Å². The fraction of sp³-hybridized carbons (Fsp3) is 0.375. The molecule has 1 saturated heterocycles. The summed E-state index contributed by atoms with van der Waals surface area (Å²) in [5.41, 5.74) is 1.72. The van der Waals surface area contributed by atoms with Gasteiger partial charge in [-0.3, -0.25) is 19.6 Å². The lowest BCUT2D eigenvalue weighted by atomic mass is 9.90. The molecule has 1 fully saturated rings. The number of carbonyl (C=O) groups excluding carboxylic acids is 3. The van der Waals surface area contributed by atoms with Gasteiger partial charge in [-0.05, 0) is 42.3 Å². The van der Waals surface area contributed by atoms with Crippen LogP contribution in [0.15, 0.2) is 48.5 Å². The number of amides is 3. The van der Waals surface area contributed by atoms with Crippen molar-refractivity contribution < 1.29 is 29.1 Å². The molecule has 1 unspecified atom stereocenters. The van der Waals surface area contributed by atoms with Gasteiger partial charge >= 0.3 is 0 Å². The van der Waals surface area contributed by atoms with E-state index in [2.05, 4.69) is 12.2 Å². The third-order valence-electron chi connectivity index (χ3n) is 6.00. The zero-order valence-electron chi connectivity index (χ0n) is 19.2. The molecule has 1 heterocycles. The van der Waals surface area contributed by atoms with Gasteiger partial charge in [0.05, 0.1) is 19.8 Å². The molecule has 176 valence electrons. The number of benzene rings is 2. The van der Waals surface area contributed by atoms with Crippen molar-refractivity contribution in [1.29, 1.82) is 0 Å². The molecule has 1 aliphatic rings. The van der Waals surface area contributed by atoms with Crippen LogP contribution in [0.4, 0.5) is 0 Å². The molecule has 3 N–H and O–H groups in total. The molecule has 2 aromatic rings. The third-order valence-corrected chi connectivity index (χ3v) is 6.00. The number of nitrogens with one attached hydrogen (secondary N) is 2. The molecule has 0 aliphatic carbocycles. The van der Waals surface area contributed by atoms with Crippen molar-refractivity contribution in [3.8, 4) is 16.9 Å². The first kappa shape index (κ1) is 24.2. The van der Waals surface area contributed by atoms with Crippen LogP contribution >= 0.6 is 0 Å². The van der Waals surface area contributed by atoms with E-state index in [1.165, 1.54) is 26.5 Å². The van der Waals surface area contributed by atoms with Crippen molar-refractivity contribution in [2.45, 2.75) is 19.4 Å². The van der Waals surface area contributed by atoms with Crippen molar-refractivity contribution in [1.82, 2.24) is 15.7 Å². The lowest BCUT2D eigenvalue weighted by Crippen LogP contribution is -2.64. The lowest BCUT2D eigenvalue weighted by Gasteiger charge is -2.37. The zero-order chi connectivity index (χ0) is 24.2. The van der Waals surface area contributed by atoms with Crippen LogP contribution in [0.25, 0.3) is 11.1 Å². The molecule has 0 bridgehead atoms. The minimum atomic E-state index is -1.93. The summed E-state index contributed by atoms with van der Waals surface area (Å²) in [4.78, 5) is 38.4. The fourth-order valence-corrected chi connectivity index (χ4v) is 3.50. The topological polar surface area (TPSA) is 117 Å². The van der Waals surface area contributed by atoms with E-state index < -0.39 is 23.3 Å². The van der Waals surface area contributed by atoms with Gasteiger partial charge in [0.15, 0.2) is 5.54 Å². The number of rotatable bonds is 8. The van der Waals surface area contributed by atoms with Gasteiger partial charge in [0.2, 0.25) is 0 Å². The summed E-state index contributed by atoms with van der Waals surface area (Å²) >= 11 is 0. The van der Waals surface area contributed by atoms with Crippen molar-refractivity contribution in [3.63, 3.8) is 0 Å². The number of carbonyl (C=O) groups is 3. The van der Waals surface area contributed by atoms with Gasteiger partial charge in [0.1, 0.15) is 5.75 Å². The highest BCUT2D eigenvalue weighted by atomic mass is 16.5. The summed E-state index contributed by atoms with van der Waals surface area (Å²) in [6.45, 7) is 5.39. The first-order valence-corrected chi connectivity index (χ1v) is 10.5. The van der Waals surface area contributed by atoms with Crippen LogP contribution in [0.5, 0.6) is 5.75 Å². The molecular weight excluding hydrogens is 426 g/mol. The average Bonchev–Trinajstić information content (AvgIpc) is 2.84. The van der Waals surface area contributed by atoms with Crippen LogP contribution in [0.3, 0.4) is 0 Å². The smallest absolute Gasteiger partial charge is 0.278 e. The standard InChI is InChI=1S/C24H29N3O6/c1-23(13-32-14-23)15-33-19-11-9-17(10-12-19)16-5-7-18(8-6-16)20(28)27(4)24(2,21(29)25-3)22(30)26-31/h5-12,31H,13-15H2,1-4H3,(H,25,29)(H,26,30). The summed E-state index contributed by atoms with van der Waals surface area (Å²) in [6.07, 6.45) is 0. The summed E-state index contributed by atoms with van der Waals surface area (Å²) in [6, 6.07) is 14.5. The van der Waals surface area contributed by atoms with Crippen molar-refractivity contribution >= 4 is 17.7 Å². The second kappa shape index (κ2) is 9.60. The van der Waals surface area contributed by atoms with Gasteiger partial charge in [-0.25, -0.2) is 5.48 Å². The molecule has 9 heteroatoms. The maximum Gasteiger partial charge on any atom is 0.278 e. The highest BCUT2D eigenvalue weighted by molar-refractivity contribution is 6.12. The van der Waals surface area contributed by atoms with Crippen molar-refractivity contribution in [2.75, 3.05) is 33.9 Å². The van der Waals surface area contributed by atoms with E-state index in [1.54, 1.807) is 24.3 Å². The van der Waals surface area contributed by atoms with E-state index in [-0.39, 0.29) is 11.0 Å². The number of likely N-dealkylation sites (N-methyl/N-ethyl adjacent to an activating group) is 2. The van der Waals surface area contributed by atoms with E-state index in [0.29, 0.717) is 19.8 Å². The maximum absolute atomic E-state index is 13.0. The Morgan fingerprint density at radius 2 is 1.61 bits per heavy atom. The first-order valence-electron chi connectivity index (χ1n) is 10.5. The SMILES string of the molecule is CNC(=O)C(C)(C(=O)NO)N(C)C(=O)c1ccc(-c2ccc(OCC3(C)COC3)cc2)cc1. The van der Waals surface area contributed by atoms with Crippen LogP contribution in [0.2, 0.25) is 0 Å². The van der Waals surface area contributed by atoms with E-state index in [1.807, 2.05) is 24.3 Å². The summed E-state index contributed by atoms with van der Waals surface area (Å²) in [5, 5.41) is 11.4. The van der Waals surface area contributed by atoms with Crippen LogP contribution in [0, 0.1) is 5.41 Å². The van der Waals surface area contributed by atoms with Crippen LogP contribution in [-0.4, -0.2) is 67.3 Å². The van der Waals surface area contributed by atoms with Crippen LogP contribution in [-0.2, 0) is 14.3 Å². The van der Waals surface area contributed by atoms with Gasteiger partial charge in [-0.1, -0.05) is 31.2 Å². The predicted octanol–water partition coefficient (Wildman–Crippen LogP) is 1.85. The minimum absolute atomic E-state index is 0.0694. The number of nitrogens with zero attached hydrogens (tertiary/aromatic N) is 1. The quantitative estimate of drug-likeness (QED) is 0.318. The number of hydrogen-bond donors (Lipinski definition) is 3. The molecule has 3 amide bonds. The third kappa shape index (κ3) is 4.84. The van der Waals surface area contributed by atoms with Gasteiger partial charge in [0.25, 0.3) is 17.7 Å². The molecule has 2 aromatic carbocycles. The number of ether oxygens (including phenoxy) is 2. The fourth-order valence-electron chi connectivity index (χ4n) is 3.50. The van der Waals surface area contributed by atoms with Gasteiger partial charge in [0, 0.05) is 25.1 Å². The summed E-state index contributed by atoms with van der Waals surface area (Å²) in [5.74, 6) is -1.53. The largest absolute Gasteiger partial charge is 0.493 e. The Morgan fingerprint density at radius 3 is 2.06 bits per heavy atom. The maximum atomic E-state index is 13.0. The number of hydrogen-bond acceptors (Lipinski definition) is 6. The molecule has 1 aliphatic heterocycles. The van der Waals surface area contributed by atoms with E-state index in [9.17, 15) is 14.4 Å². The molecular formula is C24H29N3O6. The zero-order valence-corrected chi connectivity index (χ0v) is 19.2.